The van der Waals surface area contributed by atoms with Crippen molar-refractivity contribution in [1.29, 1.82) is 0 Å². The van der Waals surface area contributed by atoms with Crippen molar-refractivity contribution >= 4 is 10.8 Å². The Labute approximate surface area is 144 Å². The van der Waals surface area contributed by atoms with Gasteiger partial charge < -0.3 is 14.6 Å². The summed E-state index contributed by atoms with van der Waals surface area (Å²) < 4.78 is 12.3. The van der Waals surface area contributed by atoms with Gasteiger partial charge in [0.15, 0.2) is 5.79 Å². The largest absolute Gasteiger partial charge is 0.390 e. The fourth-order valence-corrected chi connectivity index (χ4v) is 3.85. The molecule has 3 rings (SSSR count). The van der Waals surface area contributed by atoms with E-state index in [-0.39, 0.29) is 11.5 Å². The minimum Gasteiger partial charge on any atom is -0.390 e. The van der Waals surface area contributed by atoms with Gasteiger partial charge >= 0.3 is 0 Å². The summed E-state index contributed by atoms with van der Waals surface area (Å²) in [7, 11) is 0. The van der Waals surface area contributed by atoms with Crippen LogP contribution in [0.5, 0.6) is 0 Å². The van der Waals surface area contributed by atoms with Crippen molar-refractivity contribution in [3.63, 3.8) is 0 Å². The van der Waals surface area contributed by atoms with Gasteiger partial charge in [-0.1, -0.05) is 43.3 Å². The van der Waals surface area contributed by atoms with E-state index in [1.165, 1.54) is 10.8 Å². The first-order chi connectivity index (χ1) is 11.1. The van der Waals surface area contributed by atoms with Gasteiger partial charge in [-0.15, -0.1) is 0 Å². The van der Waals surface area contributed by atoms with Gasteiger partial charge in [0.2, 0.25) is 0 Å². The molecular formula is C21H28O3. The third-order valence-corrected chi connectivity index (χ3v) is 4.70. The first-order valence-electron chi connectivity index (χ1n) is 8.61. The van der Waals surface area contributed by atoms with Crippen LogP contribution in [-0.4, -0.2) is 23.1 Å². The highest BCUT2D eigenvalue weighted by Gasteiger charge is 2.47. The van der Waals surface area contributed by atoms with Gasteiger partial charge in [0.1, 0.15) is 0 Å². The van der Waals surface area contributed by atoms with Crippen LogP contribution in [0.2, 0.25) is 0 Å². The lowest BCUT2D eigenvalue weighted by molar-refractivity contribution is -0.323. The van der Waals surface area contributed by atoms with E-state index in [1.807, 2.05) is 27.7 Å². The van der Waals surface area contributed by atoms with Crippen LogP contribution >= 0.6 is 0 Å². The normalized spacial score (nSPS) is 27.3. The molecule has 2 aromatic carbocycles. The third kappa shape index (κ3) is 3.64. The molecule has 3 heteroatoms. The van der Waals surface area contributed by atoms with E-state index >= 15 is 0 Å². The molecule has 24 heavy (non-hydrogen) atoms. The first kappa shape index (κ1) is 17.4. The summed E-state index contributed by atoms with van der Waals surface area (Å²) in [5.74, 6) is -0.630. The summed E-state index contributed by atoms with van der Waals surface area (Å²) in [6, 6.07) is 14.8. The molecule has 0 radical (unpaired) electrons. The van der Waals surface area contributed by atoms with Crippen molar-refractivity contribution in [2.24, 2.45) is 5.41 Å². The molecule has 0 amide bonds. The first-order valence-corrected chi connectivity index (χ1v) is 8.61. The Balaban J connectivity index is 2.03. The summed E-state index contributed by atoms with van der Waals surface area (Å²) in [4.78, 5) is 0. The predicted molar refractivity (Wildman–Crippen MR) is 96.8 cm³/mol. The maximum absolute atomic E-state index is 10.4. The summed E-state index contributed by atoms with van der Waals surface area (Å²) in [6.45, 7) is 10.3. The van der Waals surface area contributed by atoms with E-state index in [2.05, 4.69) is 49.4 Å². The van der Waals surface area contributed by atoms with Crippen LogP contribution in [0.1, 0.15) is 52.7 Å². The molecular weight excluding hydrogens is 300 g/mol. The molecule has 0 spiro atoms. The molecule has 130 valence electrons. The highest BCUT2D eigenvalue weighted by atomic mass is 16.7. The molecule has 3 nitrogen and oxygen atoms in total. The summed E-state index contributed by atoms with van der Waals surface area (Å²) >= 11 is 0. The van der Waals surface area contributed by atoms with Crippen molar-refractivity contribution < 1.29 is 14.6 Å². The fourth-order valence-electron chi connectivity index (χ4n) is 3.85. The average molecular weight is 328 g/mol. The van der Waals surface area contributed by atoms with Crippen LogP contribution in [0.3, 0.4) is 0 Å². The van der Waals surface area contributed by atoms with E-state index in [0.717, 1.165) is 5.56 Å². The molecule has 2 aromatic rings. The predicted octanol–water partition coefficient (Wildman–Crippen LogP) is 4.83. The molecule has 0 aromatic heterocycles. The molecule has 1 saturated heterocycles. The average Bonchev–Trinajstić information content (AvgIpc) is 2.48. The Kier molecular flexibility index (Phi) is 4.23. The topological polar surface area (TPSA) is 38.7 Å². The standard InChI is InChI=1S/C21H28O3/c1-19(2,22)13-21(5)14-23-20(3,4)24-18(21)17-11-10-15-8-6-7-9-16(15)12-17/h6-12,18,22H,13-14H2,1-5H3/t18-,21+/m1/s1. The lowest BCUT2D eigenvalue weighted by atomic mass is 9.73. The van der Waals surface area contributed by atoms with Gasteiger partial charge in [-0.25, -0.2) is 0 Å². The molecule has 0 saturated carbocycles. The van der Waals surface area contributed by atoms with Crippen LogP contribution in [0, 0.1) is 5.41 Å². The van der Waals surface area contributed by atoms with Gasteiger partial charge in [-0.2, -0.15) is 0 Å². The molecule has 0 unspecified atom stereocenters. The zero-order valence-corrected chi connectivity index (χ0v) is 15.3. The van der Waals surface area contributed by atoms with Crippen molar-refractivity contribution in [3.05, 3.63) is 48.0 Å². The third-order valence-electron chi connectivity index (χ3n) is 4.70. The molecule has 0 aliphatic carbocycles. The number of aliphatic hydroxyl groups is 1. The Morgan fingerprint density at radius 1 is 1.08 bits per heavy atom. The maximum atomic E-state index is 10.4. The van der Waals surface area contributed by atoms with E-state index in [4.69, 9.17) is 9.47 Å². The van der Waals surface area contributed by atoms with Gasteiger partial charge in [0, 0.05) is 5.41 Å². The summed E-state index contributed by atoms with van der Waals surface area (Å²) in [5, 5.41) is 12.8. The summed E-state index contributed by atoms with van der Waals surface area (Å²) in [5.41, 5.74) is 0.0608. The summed E-state index contributed by atoms with van der Waals surface area (Å²) in [6.07, 6.45) is 0.477. The number of hydrogen-bond donors (Lipinski definition) is 1. The molecule has 2 atom stereocenters. The van der Waals surface area contributed by atoms with Crippen molar-refractivity contribution in [2.75, 3.05) is 6.61 Å². The molecule has 1 heterocycles. The number of hydrogen-bond acceptors (Lipinski definition) is 3. The molecule has 1 aliphatic heterocycles. The quantitative estimate of drug-likeness (QED) is 0.877. The maximum Gasteiger partial charge on any atom is 0.163 e. The lowest BCUT2D eigenvalue weighted by Crippen LogP contribution is -2.49. The number of benzene rings is 2. The van der Waals surface area contributed by atoms with Crippen LogP contribution in [0.25, 0.3) is 10.8 Å². The Bertz CT molecular complexity index is 729. The van der Waals surface area contributed by atoms with E-state index in [1.54, 1.807) is 0 Å². The van der Waals surface area contributed by atoms with Crippen LogP contribution < -0.4 is 0 Å². The second-order valence-electron chi connectivity index (χ2n) is 8.44. The molecule has 1 N–H and O–H groups in total. The zero-order valence-electron chi connectivity index (χ0n) is 15.3. The highest BCUT2D eigenvalue weighted by Crippen LogP contribution is 2.49. The van der Waals surface area contributed by atoms with Crippen molar-refractivity contribution in [1.82, 2.24) is 0 Å². The van der Waals surface area contributed by atoms with E-state index in [0.29, 0.717) is 13.0 Å². The van der Waals surface area contributed by atoms with Gasteiger partial charge in [0.25, 0.3) is 0 Å². The minimum atomic E-state index is -0.780. The molecule has 0 bridgehead atoms. The van der Waals surface area contributed by atoms with Crippen molar-refractivity contribution in [3.8, 4) is 0 Å². The highest BCUT2D eigenvalue weighted by molar-refractivity contribution is 5.83. The Hall–Kier alpha value is -1.42. The van der Waals surface area contributed by atoms with Gasteiger partial charge in [-0.3, -0.25) is 0 Å². The second kappa shape index (κ2) is 5.83. The SMILES string of the molecule is CC(C)(O)C[C@@]1(C)COC(C)(C)O[C@@H]1c1ccc2ccccc2c1. The number of rotatable bonds is 3. The van der Waals surface area contributed by atoms with Crippen LogP contribution in [0.4, 0.5) is 0 Å². The molecule has 1 fully saturated rings. The number of ether oxygens (including phenoxy) is 2. The Morgan fingerprint density at radius 2 is 1.75 bits per heavy atom. The van der Waals surface area contributed by atoms with Crippen LogP contribution in [0.15, 0.2) is 42.5 Å². The van der Waals surface area contributed by atoms with Gasteiger partial charge in [0.05, 0.1) is 18.3 Å². The molecule has 1 aliphatic rings. The fraction of sp³-hybridized carbons (Fsp3) is 0.524. The monoisotopic (exact) mass is 328 g/mol. The van der Waals surface area contributed by atoms with E-state index in [9.17, 15) is 5.11 Å². The van der Waals surface area contributed by atoms with Gasteiger partial charge in [-0.05, 0) is 56.5 Å². The Morgan fingerprint density at radius 3 is 2.42 bits per heavy atom. The van der Waals surface area contributed by atoms with Crippen molar-refractivity contribution in [2.45, 2.75) is 58.5 Å². The smallest absolute Gasteiger partial charge is 0.163 e. The van der Waals surface area contributed by atoms with E-state index < -0.39 is 11.4 Å². The second-order valence-corrected chi connectivity index (χ2v) is 8.44. The number of fused-ring (bicyclic) bond motifs is 1. The van der Waals surface area contributed by atoms with Crippen LogP contribution in [-0.2, 0) is 9.47 Å². The minimum absolute atomic E-state index is 0.128. The zero-order chi connectivity index (χ0) is 17.6. The lowest BCUT2D eigenvalue weighted by Gasteiger charge is -2.49.